The maximum atomic E-state index is 12.6. The van der Waals surface area contributed by atoms with Crippen LogP contribution in [-0.4, -0.2) is 23.4 Å². The Morgan fingerprint density at radius 2 is 1.95 bits per heavy atom. The van der Waals surface area contributed by atoms with Crippen molar-refractivity contribution in [2.45, 2.75) is 31.2 Å². The van der Waals surface area contributed by atoms with Gasteiger partial charge in [0.05, 0.1) is 6.61 Å². The summed E-state index contributed by atoms with van der Waals surface area (Å²) in [5.74, 6) is 0. The third-order valence-corrected chi connectivity index (χ3v) is 3.44. The smallest absolute Gasteiger partial charge is 0.376 e. The average molecular weight is 313 g/mol. The number of hydroxylamine groups is 1. The van der Waals surface area contributed by atoms with E-state index in [0.717, 1.165) is 17.2 Å². The van der Waals surface area contributed by atoms with Gasteiger partial charge >= 0.3 is 6.18 Å². The molecule has 0 fully saturated rings. The van der Waals surface area contributed by atoms with Gasteiger partial charge in [-0.3, -0.25) is 4.84 Å². The standard InChI is InChI=1S/C16H18F3NO2/c17-16(18,19)15(21)9-6-13(7-10-15)8-11-20-22-12-14-4-2-1-3-5-14/h1-7,9,20-21H,8,10-12H2. The molecule has 1 unspecified atom stereocenters. The Kier molecular flexibility index (Phi) is 5.39. The van der Waals surface area contributed by atoms with Gasteiger partial charge in [-0.25, -0.2) is 5.48 Å². The van der Waals surface area contributed by atoms with E-state index in [1.807, 2.05) is 30.3 Å². The highest BCUT2D eigenvalue weighted by Crippen LogP contribution is 2.37. The summed E-state index contributed by atoms with van der Waals surface area (Å²) in [6, 6.07) is 9.62. The molecule has 2 rings (SSSR count). The van der Waals surface area contributed by atoms with Gasteiger partial charge in [0, 0.05) is 13.0 Å². The first kappa shape index (κ1) is 16.7. The second kappa shape index (κ2) is 7.09. The highest BCUT2D eigenvalue weighted by Gasteiger charge is 2.51. The fourth-order valence-electron chi connectivity index (χ4n) is 2.04. The Bertz CT molecular complexity index is 540. The van der Waals surface area contributed by atoms with Gasteiger partial charge in [0.25, 0.3) is 0 Å². The number of nitrogens with one attached hydrogen (secondary N) is 1. The Morgan fingerprint density at radius 3 is 2.55 bits per heavy atom. The Hall–Kier alpha value is -1.63. The highest BCUT2D eigenvalue weighted by atomic mass is 19.4. The molecule has 2 N–H and O–H groups in total. The molecule has 1 atom stereocenters. The van der Waals surface area contributed by atoms with E-state index in [2.05, 4.69) is 5.48 Å². The molecule has 22 heavy (non-hydrogen) atoms. The number of rotatable bonds is 6. The van der Waals surface area contributed by atoms with Crippen LogP contribution in [0, 0.1) is 0 Å². The summed E-state index contributed by atoms with van der Waals surface area (Å²) >= 11 is 0. The molecule has 0 saturated carbocycles. The second-order valence-corrected chi connectivity index (χ2v) is 5.16. The second-order valence-electron chi connectivity index (χ2n) is 5.16. The normalized spacial score (nSPS) is 21.7. The average Bonchev–Trinajstić information content (AvgIpc) is 2.49. The van der Waals surface area contributed by atoms with Gasteiger partial charge in [-0.15, -0.1) is 0 Å². The van der Waals surface area contributed by atoms with E-state index >= 15 is 0 Å². The van der Waals surface area contributed by atoms with Crippen molar-refractivity contribution >= 4 is 0 Å². The van der Waals surface area contributed by atoms with Crippen LogP contribution < -0.4 is 5.48 Å². The lowest BCUT2D eigenvalue weighted by Gasteiger charge is -2.28. The van der Waals surface area contributed by atoms with Crippen molar-refractivity contribution in [3.05, 3.63) is 59.7 Å². The van der Waals surface area contributed by atoms with Crippen molar-refractivity contribution in [1.29, 1.82) is 0 Å². The summed E-state index contributed by atoms with van der Waals surface area (Å²) in [5.41, 5.74) is 1.80. The van der Waals surface area contributed by atoms with Crippen LogP contribution in [0.5, 0.6) is 0 Å². The lowest BCUT2D eigenvalue weighted by atomic mass is 9.90. The van der Waals surface area contributed by atoms with Gasteiger partial charge in [-0.05, 0) is 18.1 Å². The van der Waals surface area contributed by atoms with Crippen molar-refractivity contribution in [2.24, 2.45) is 0 Å². The lowest BCUT2D eigenvalue weighted by Crippen LogP contribution is -2.43. The van der Waals surface area contributed by atoms with Crippen molar-refractivity contribution in [1.82, 2.24) is 5.48 Å². The minimum absolute atomic E-state index is 0.420. The van der Waals surface area contributed by atoms with Gasteiger partial charge in [-0.2, -0.15) is 13.2 Å². The monoisotopic (exact) mass is 313 g/mol. The molecular formula is C16H18F3NO2. The van der Waals surface area contributed by atoms with E-state index in [1.165, 1.54) is 12.2 Å². The largest absolute Gasteiger partial charge is 0.421 e. The van der Waals surface area contributed by atoms with Crippen molar-refractivity contribution < 1.29 is 23.1 Å². The molecule has 0 radical (unpaired) electrons. The van der Waals surface area contributed by atoms with Crippen LogP contribution in [0.4, 0.5) is 13.2 Å². The molecule has 0 amide bonds. The fraction of sp³-hybridized carbons (Fsp3) is 0.375. The maximum Gasteiger partial charge on any atom is 0.421 e. The van der Waals surface area contributed by atoms with Crippen LogP contribution in [0.25, 0.3) is 0 Å². The summed E-state index contributed by atoms with van der Waals surface area (Å²) in [4.78, 5) is 5.28. The van der Waals surface area contributed by atoms with Gasteiger partial charge < -0.3 is 5.11 Å². The fourth-order valence-corrected chi connectivity index (χ4v) is 2.04. The van der Waals surface area contributed by atoms with Gasteiger partial charge in [-0.1, -0.05) is 48.1 Å². The molecule has 6 heteroatoms. The molecule has 0 bridgehead atoms. The third-order valence-electron chi connectivity index (χ3n) is 3.44. The number of allylic oxidation sites excluding steroid dienone is 1. The van der Waals surface area contributed by atoms with Crippen LogP contribution in [-0.2, 0) is 11.4 Å². The number of hydrogen-bond donors (Lipinski definition) is 2. The van der Waals surface area contributed by atoms with E-state index in [4.69, 9.17) is 4.84 Å². The van der Waals surface area contributed by atoms with Gasteiger partial charge in [0.1, 0.15) is 0 Å². The van der Waals surface area contributed by atoms with Crippen molar-refractivity contribution in [3.63, 3.8) is 0 Å². The summed E-state index contributed by atoms with van der Waals surface area (Å²) in [5, 5.41) is 9.46. The molecule has 1 aliphatic carbocycles. The maximum absolute atomic E-state index is 12.6. The summed E-state index contributed by atoms with van der Waals surface area (Å²) in [7, 11) is 0. The van der Waals surface area contributed by atoms with E-state index < -0.39 is 18.2 Å². The molecule has 3 nitrogen and oxygen atoms in total. The Labute approximate surface area is 127 Å². The van der Waals surface area contributed by atoms with Crippen LogP contribution in [0.15, 0.2) is 54.1 Å². The first-order valence-corrected chi connectivity index (χ1v) is 6.97. The molecule has 0 aromatic heterocycles. The molecule has 0 heterocycles. The minimum atomic E-state index is -4.65. The van der Waals surface area contributed by atoms with Gasteiger partial charge in [0.15, 0.2) is 5.60 Å². The molecule has 0 spiro atoms. The zero-order valence-corrected chi connectivity index (χ0v) is 11.9. The molecule has 1 aromatic rings. The number of hydrogen-bond acceptors (Lipinski definition) is 3. The van der Waals surface area contributed by atoms with Crippen LogP contribution >= 0.6 is 0 Å². The van der Waals surface area contributed by atoms with Crippen molar-refractivity contribution in [2.75, 3.05) is 6.54 Å². The Balaban J connectivity index is 1.68. The molecule has 120 valence electrons. The predicted molar refractivity (Wildman–Crippen MR) is 76.7 cm³/mol. The third kappa shape index (κ3) is 4.43. The van der Waals surface area contributed by atoms with E-state index in [1.54, 1.807) is 0 Å². The first-order valence-electron chi connectivity index (χ1n) is 6.97. The number of aliphatic hydroxyl groups is 1. The van der Waals surface area contributed by atoms with Gasteiger partial charge in [0.2, 0.25) is 0 Å². The molecular weight excluding hydrogens is 295 g/mol. The Morgan fingerprint density at radius 1 is 1.23 bits per heavy atom. The molecule has 0 aliphatic heterocycles. The quantitative estimate of drug-likeness (QED) is 0.625. The summed E-state index contributed by atoms with van der Waals surface area (Å²) in [6.45, 7) is 0.900. The zero-order chi connectivity index (χ0) is 16.1. The molecule has 1 aromatic carbocycles. The summed E-state index contributed by atoms with van der Waals surface area (Å²) in [6.07, 6.45) is -1.04. The molecule has 0 saturated heterocycles. The van der Waals surface area contributed by atoms with Crippen LogP contribution in [0.2, 0.25) is 0 Å². The van der Waals surface area contributed by atoms with Crippen LogP contribution in [0.1, 0.15) is 18.4 Å². The topological polar surface area (TPSA) is 41.5 Å². The summed E-state index contributed by atoms with van der Waals surface area (Å²) < 4.78 is 37.8. The first-order chi connectivity index (χ1) is 10.4. The number of halogens is 3. The number of alkyl halides is 3. The number of benzene rings is 1. The highest BCUT2D eigenvalue weighted by molar-refractivity contribution is 5.29. The SMILES string of the molecule is OC1(C(F)(F)F)C=CC(CCNOCc2ccccc2)=CC1. The van der Waals surface area contributed by atoms with E-state index in [-0.39, 0.29) is 0 Å². The van der Waals surface area contributed by atoms with E-state index in [0.29, 0.717) is 19.6 Å². The lowest BCUT2D eigenvalue weighted by molar-refractivity contribution is -0.238. The van der Waals surface area contributed by atoms with Crippen molar-refractivity contribution in [3.8, 4) is 0 Å². The molecule has 1 aliphatic rings. The predicted octanol–water partition coefficient (Wildman–Crippen LogP) is 3.28. The minimum Gasteiger partial charge on any atom is -0.376 e. The van der Waals surface area contributed by atoms with E-state index in [9.17, 15) is 18.3 Å². The zero-order valence-electron chi connectivity index (χ0n) is 11.9. The van der Waals surface area contributed by atoms with Crippen LogP contribution in [0.3, 0.4) is 0 Å².